The van der Waals surface area contributed by atoms with Crippen LogP contribution in [0.2, 0.25) is 0 Å². The minimum absolute atomic E-state index is 0.0883. The molecule has 28 heavy (non-hydrogen) atoms. The number of carbonyl (C=O) groups excluding carboxylic acids is 2. The number of rotatable bonds is 4. The van der Waals surface area contributed by atoms with Gasteiger partial charge in [0, 0.05) is 0 Å². The first-order chi connectivity index (χ1) is 13.5. The number of carbonyl (C=O) groups is 2. The fraction of sp³-hybridized carbons (Fsp3) is 0.111. The van der Waals surface area contributed by atoms with Crippen LogP contribution < -0.4 is 8.85 Å². The number of amides is 1. The van der Waals surface area contributed by atoms with E-state index in [0.29, 0.717) is 14.6 Å². The second kappa shape index (κ2) is 7.34. The van der Waals surface area contributed by atoms with Crippen LogP contribution in [-0.4, -0.2) is 32.9 Å². The van der Waals surface area contributed by atoms with Gasteiger partial charge in [-0.3, -0.25) is 0 Å². The van der Waals surface area contributed by atoms with E-state index >= 15 is 0 Å². The summed E-state index contributed by atoms with van der Waals surface area (Å²) in [6.07, 6.45) is -2.63. The number of aromatic nitrogens is 2. The van der Waals surface area contributed by atoms with Crippen LogP contribution in [0.5, 0.6) is 0 Å². The molecule has 0 fully saturated rings. The van der Waals surface area contributed by atoms with Crippen molar-refractivity contribution in [3.05, 3.63) is 63.1 Å². The average Bonchev–Trinajstić information content (AvgIpc) is 3.03. The number of fused-ring (bicyclic) bond motifs is 3. The Morgan fingerprint density at radius 2 is 1.89 bits per heavy atom. The Labute approximate surface area is 164 Å². The molecule has 1 aliphatic rings. The quantitative estimate of drug-likeness (QED) is 0.325. The van der Waals surface area contributed by atoms with Gasteiger partial charge < -0.3 is 0 Å². The van der Waals surface area contributed by atoms with Crippen molar-refractivity contribution in [2.75, 3.05) is 10.1 Å². The molecule has 0 spiro atoms. The van der Waals surface area contributed by atoms with Gasteiger partial charge in [0.1, 0.15) is 0 Å². The van der Waals surface area contributed by atoms with Gasteiger partial charge >= 0.3 is 164 Å². The number of benzene rings is 2. The summed E-state index contributed by atoms with van der Waals surface area (Å²) < 4.78 is 42.1. The van der Waals surface area contributed by atoms with E-state index in [0.717, 1.165) is 0 Å². The molecule has 2 N–H and O–H groups in total. The van der Waals surface area contributed by atoms with E-state index in [-0.39, 0.29) is 20.6 Å². The van der Waals surface area contributed by atoms with Crippen molar-refractivity contribution in [3.63, 3.8) is 0 Å². The van der Waals surface area contributed by atoms with Crippen molar-refractivity contribution in [2.45, 2.75) is 6.43 Å². The van der Waals surface area contributed by atoms with E-state index in [1.807, 2.05) is 0 Å². The van der Waals surface area contributed by atoms with E-state index in [1.54, 1.807) is 18.2 Å². The Kier molecular flexibility index (Phi) is 4.87. The first-order valence-electron chi connectivity index (χ1n) is 8.08. The number of nitrogens with one attached hydrogen (secondary N) is 2. The number of nitrogens with zero attached hydrogens (tertiary/aromatic N) is 2. The summed E-state index contributed by atoms with van der Waals surface area (Å²) in [6, 6.07) is 10.7. The van der Waals surface area contributed by atoms with Crippen LogP contribution in [0.4, 0.5) is 18.9 Å². The molecule has 0 saturated carbocycles. The summed E-state index contributed by atoms with van der Waals surface area (Å²) >= 11 is -2.60. The second-order valence-electron chi connectivity index (χ2n) is 5.82. The third kappa shape index (κ3) is 3.28. The third-order valence-electron chi connectivity index (χ3n) is 4.03. The summed E-state index contributed by atoms with van der Waals surface area (Å²) in [5, 5.41) is 10.3. The zero-order chi connectivity index (χ0) is 19.8. The minimum atomic E-state index is -2.63. The van der Waals surface area contributed by atoms with Crippen LogP contribution in [0, 0.1) is 9.39 Å². The molecule has 144 valence electrons. The van der Waals surface area contributed by atoms with Gasteiger partial charge in [-0.25, -0.2) is 0 Å². The molecule has 1 amide bonds. The van der Waals surface area contributed by atoms with E-state index < -0.39 is 44.8 Å². The predicted octanol–water partition coefficient (Wildman–Crippen LogP) is 3.62. The van der Waals surface area contributed by atoms with Gasteiger partial charge in [-0.05, 0) is 0 Å². The molecule has 0 saturated heterocycles. The van der Waals surface area contributed by atoms with Gasteiger partial charge in [-0.1, -0.05) is 0 Å². The first kappa shape index (κ1) is 18.6. The van der Waals surface area contributed by atoms with Gasteiger partial charge in [0.2, 0.25) is 0 Å². The van der Waals surface area contributed by atoms with Crippen molar-refractivity contribution < 1.29 is 22.8 Å². The molecule has 0 unspecified atom stereocenters. The Morgan fingerprint density at radius 3 is 2.61 bits per heavy atom. The molecule has 0 bridgehead atoms. The van der Waals surface area contributed by atoms with E-state index in [2.05, 4.69) is 19.0 Å². The van der Waals surface area contributed by atoms with Gasteiger partial charge in [-0.2, -0.15) is 0 Å². The number of hydrogen-bond acceptors (Lipinski definition) is 5. The maximum atomic E-state index is 13.9. The summed E-state index contributed by atoms with van der Waals surface area (Å²) in [4.78, 5) is 24.6. The first-order valence-corrected chi connectivity index (χ1v) is 11.3. The molecule has 0 radical (unpaired) electrons. The summed E-state index contributed by atoms with van der Waals surface area (Å²) in [5.41, 5.74) is 0.961. The zero-order valence-electron chi connectivity index (χ0n) is 14.0. The maximum absolute atomic E-state index is 13.9. The van der Waals surface area contributed by atoms with E-state index in [9.17, 15) is 22.8 Å². The molecule has 2 heterocycles. The standard InChI is InChI=1S/C18H12F3IN4O2/c19-12-3-1-2-11-14(12)25-26-16-15(11)24-22(17(16)27)10-6-4-9(5-7-10)18(28)23-8-13(20)21/h1-7,13,24H,8H2,(H,23,28). The van der Waals surface area contributed by atoms with Gasteiger partial charge in [0.15, 0.2) is 0 Å². The molecule has 10 heteroatoms. The Morgan fingerprint density at radius 1 is 1.14 bits per heavy atom. The fourth-order valence-electron chi connectivity index (χ4n) is 2.71. The van der Waals surface area contributed by atoms with Crippen LogP contribution in [0.15, 0.2) is 42.5 Å². The van der Waals surface area contributed by atoms with Gasteiger partial charge in [0.25, 0.3) is 0 Å². The van der Waals surface area contributed by atoms with Crippen molar-refractivity contribution >= 4 is 46.4 Å². The molecule has 6 nitrogen and oxygen atoms in total. The molecule has 0 aliphatic carbocycles. The van der Waals surface area contributed by atoms with Crippen LogP contribution in [-0.2, 0) is 0 Å². The second-order valence-corrected chi connectivity index (χ2v) is 10.2. The van der Waals surface area contributed by atoms with Gasteiger partial charge in [-0.15, -0.1) is 0 Å². The van der Waals surface area contributed by atoms with Gasteiger partial charge in [0.05, 0.1) is 0 Å². The van der Waals surface area contributed by atoms with E-state index in [4.69, 9.17) is 0 Å². The molecule has 4 rings (SSSR count). The summed E-state index contributed by atoms with van der Waals surface area (Å²) in [6.45, 7) is -0.725. The molecule has 1 aromatic heterocycles. The van der Waals surface area contributed by atoms with E-state index in [1.165, 1.54) is 24.3 Å². The van der Waals surface area contributed by atoms with Crippen LogP contribution in [0.25, 0.3) is 10.9 Å². The average molecular weight is 500 g/mol. The zero-order valence-corrected chi connectivity index (χ0v) is 16.2. The molecular formula is C18H12F3IN4O2. The van der Waals surface area contributed by atoms with Crippen LogP contribution >= 0.6 is 20.1 Å². The molecular weight excluding hydrogens is 488 g/mol. The number of anilines is 1. The number of alkyl halides is 2. The monoisotopic (exact) mass is 500 g/mol. The number of hydrogen-bond donors (Lipinski definition) is 2. The summed E-state index contributed by atoms with van der Waals surface area (Å²) in [7, 11) is 0. The topological polar surface area (TPSA) is 84.0 Å². The summed E-state index contributed by atoms with van der Waals surface area (Å²) in [5.74, 6) is -1.13. The normalized spacial score (nSPS) is 14.3. The Bertz CT molecular complexity index is 1090. The van der Waals surface area contributed by atoms with Crippen molar-refractivity contribution in [1.82, 2.24) is 15.5 Å². The SMILES string of the molecule is O=C(NCC(F)F)c1ccc(I2Nc3c(nnc4c(F)cccc34)C2=O)cc1. The van der Waals surface area contributed by atoms with Crippen LogP contribution in [0.1, 0.15) is 20.8 Å². The molecule has 0 atom stereocenters. The Balaban J connectivity index is 1.60. The molecule has 1 aliphatic heterocycles. The fourth-order valence-corrected chi connectivity index (χ4v) is 6.88. The predicted molar refractivity (Wildman–Crippen MR) is 105 cm³/mol. The Hall–Kier alpha value is -2.76. The molecule has 2 aromatic carbocycles. The molecule has 3 aromatic rings. The van der Waals surface area contributed by atoms with Crippen LogP contribution in [0.3, 0.4) is 0 Å². The van der Waals surface area contributed by atoms with Crippen molar-refractivity contribution in [3.8, 4) is 0 Å². The third-order valence-corrected chi connectivity index (χ3v) is 8.57. The number of halogens is 4. The van der Waals surface area contributed by atoms with Crippen molar-refractivity contribution in [2.24, 2.45) is 0 Å². The van der Waals surface area contributed by atoms with Crippen molar-refractivity contribution in [1.29, 1.82) is 0 Å².